The standard InChI is InChI=1S/C25H33NO6/c1-5-7-20-22(11-9-18(15(3)27)24(20)26)31-13-17(29)14-32-23-12-10-19(16(4)28)25(30)21(23)8-6-2/h9-12,17,29-30H,5-8,13-14,26H2,1-4H3. The summed E-state index contributed by atoms with van der Waals surface area (Å²) in [5, 5.41) is 20.8. The van der Waals surface area contributed by atoms with Crippen LogP contribution >= 0.6 is 0 Å². The van der Waals surface area contributed by atoms with E-state index in [4.69, 9.17) is 15.2 Å². The quantitative estimate of drug-likeness (QED) is 0.334. The molecule has 2 rings (SSSR count). The van der Waals surface area contributed by atoms with E-state index in [-0.39, 0.29) is 36.1 Å². The predicted octanol–water partition coefficient (Wildman–Crippen LogP) is 4.10. The van der Waals surface area contributed by atoms with Gasteiger partial charge in [0.25, 0.3) is 0 Å². The van der Waals surface area contributed by atoms with Crippen LogP contribution in [0.25, 0.3) is 0 Å². The summed E-state index contributed by atoms with van der Waals surface area (Å²) in [6.45, 7) is 6.75. The Hall–Kier alpha value is -3.06. The second kappa shape index (κ2) is 11.5. The van der Waals surface area contributed by atoms with Gasteiger partial charge in [-0.2, -0.15) is 0 Å². The molecular weight excluding hydrogens is 410 g/mol. The molecule has 7 nitrogen and oxygen atoms in total. The number of Topliss-reactive ketones (excluding diaryl/α,β-unsaturated/α-hetero) is 2. The maximum absolute atomic E-state index is 11.8. The summed E-state index contributed by atoms with van der Waals surface area (Å²) in [4.78, 5) is 23.5. The lowest BCUT2D eigenvalue weighted by Gasteiger charge is -2.19. The van der Waals surface area contributed by atoms with Crippen LogP contribution in [0.4, 0.5) is 5.69 Å². The molecule has 0 aromatic heterocycles. The zero-order valence-corrected chi connectivity index (χ0v) is 19.2. The van der Waals surface area contributed by atoms with Gasteiger partial charge < -0.3 is 25.4 Å². The van der Waals surface area contributed by atoms with Crippen molar-refractivity contribution >= 4 is 17.3 Å². The first-order valence-corrected chi connectivity index (χ1v) is 10.9. The molecule has 174 valence electrons. The molecule has 0 aliphatic heterocycles. The van der Waals surface area contributed by atoms with Crippen LogP contribution in [0.2, 0.25) is 0 Å². The molecule has 4 N–H and O–H groups in total. The number of benzene rings is 2. The number of carbonyl (C=O) groups is 2. The fourth-order valence-corrected chi connectivity index (χ4v) is 3.54. The number of rotatable bonds is 12. The first-order valence-electron chi connectivity index (χ1n) is 10.9. The van der Waals surface area contributed by atoms with Gasteiger partial charge in [0.15, 0.2) is 11.6 Å². The van der Waals surface area contributed by atoms with E-state index in [9.17, 15) is 19.8 Å². The van der Waals surface area contributed by atoms with E-state index in [1.54, 1.807) is 18.2 Å². The van der Waals surface area contributed by atoms with E-state index in [2.05, 4.69) is 0 Å². The van der Waals surface area contributed by atoms with Crippen LogP contribution in [0, 0.1) is 0 Å². The van der Waals surface area contributed by atoms with Crippen LogP contribution in [0.15, 0.2) is 24.3 Å². The molecule has 0 radical (unpaired) electrons. The third-order valence-corrected chi connectivity index (χ3v) is 5.17. The van der Waals surface area contributed by atoms with Crippen LogP contribution in [0.1, 0.15) is 72.4 Å². The second-order valence-corrected chi connectivity index (χ2v) is 7.83. The van der Waals surface area contributed by atoms with Crippen LogP contribution in [0.3, 0.4) is 0 Å². The van der Waals surface area contributed by atoms with Crippen LogP contribution < -0.4 is 15.2 Å². The van der Waals surface area contributed by atoms with Gasteiger partial charge in [0.1, 0.15) is 36.6 Å². The molecule has 1 atom stereocenters. The summed E-state index contributed by atoms with van der Waals surface area (Å²) in [7, 11) is 0. The van der Waals surface area contributed by atoms with Crippen molar-refractivity contribution in [2.24, 2.45) is 0 Å². The van der Waals surface area contributed by atoms with Crippen molar-refractivity contribution < 1.29 is 29.3 Å². The lowest BCUT2D eigenvalue weighted by molar-refractivity contribution is 0.0618. The van der Waals surface area contributed by atoms with Crippen molar-refractivity contribution in [2.75, 3.05) is 18.9 Å². The minimum absolute atomic E-state index is 0.0316. The Labute approximate surface area is 189 Å². The van der Waals surface area contributed by atoms with Gasteiger partial charge in [0.05, 0.1) is 5.56 Å². The molecule has 1 unspecified atom stereocenters. The molecule has 32 heavy (non-hydrogen) atoms. The normalized spacial score (nSPS) is 11.8. The molecule has 0 aliphatic rings. The molecule has 2 aromatic carbocycles. The SMILES string of the molecule is CCCc1c(OCC(O)COc2ccc(C(C)=O)c(O)c2CCC)ccc(C(C)=O)c1N. The average Bonchev–Trinajstić information content (AvgIpc) is 2.74. The monoisotopic (exact) mass is 443 g/mol. The van der Waals surface area contributed by atoms with Gasteiger partial charge in [-0.15, -0.1) is 0 Å². The fraction of sp³-hybridized carbons (Fsp3) is 0.440. The van der Waals surface area contributed by atoms with Crippen molar-refractivity contribution in [1.29, 1.82) is 0 Å². The van der Waals surface area contributed by atoms with E-state index in [1.807, 2.05) is 13.8 Å². The Morgan fingerprint density at radius 1 is 0.875 bits per heavy atom. The summed E-state index contributed by atoms with van der Waals surface area (Å²) in [6, 6.07) is 6.48. The number of carbonyl (C=O) groups excluding carboxylic acids is 2. The average molecular weight is 444 g/mol. The number of phenols is 1. The number of phenolic OH excluding ortho intramolecular Hbond substituents is 1. The van der Waals surface area contributed by atoms with Gasteiger partial charge in [-0.3, -0.25) is 9.59 Å². The maximum Gasteiger partial charge on any atom is 0.163 e. The van der Waals surface area contributed by atoms with E-state index in [0.717, 1.165) is 18.4 Å². The number of ether oxygens (including phenoxy) is 2. The Bertz CT molecular complexity index is 892. The Balaban J connectivity index is 2.09. The number of hydrogen-bond donors (Lipinski definition) is 3. The van der Waals surface area contributed by atoms with Crippen molar-refractivity contribution in [3.63, 3.8) is 0 Å². The summed E-state index contributed by atoms with van der Waals surface area (Å²) in [6.07, 6.45) is 1.83. The van der Waals surface area contributed by atoms with E-state index in [1.165, 1.54) is 19.9 Å². The molecule has 2 aromatic rings. The van der Waals surface area contributed by atoms with Gasteiger partial charge in [0.2, 0.25) is 0 Å². The number of nitrogen functional groups attached to an aromatic ring is 1. The van der Waals surface area contributed by atoms with E-state index in [0.29, 0.717) is 41.2 Å². The number of aliphatic hydroxyl groups is 1. The summed E-state index contributed by atoms with van der Waals surface area (Å²) >= 11 is 0. The Morgan fingerprint density at radius 3 is 1.84 bits per heavy atom. The predicted molar refractivity (Wildman–Crippen MR) is 124 cm³/mol. The zero-order chi connectivity index (χ0) is 23.8. The molecule has 0 aliphatic carbocycles. The van der Waals surface area contributed by atoms with Gasteiger partial charge in [0, 0.05) is 22.4 Å². The fourth-order valence-electron chi connectivity index (χ4n) is 3.54. The first kappa shape index (κ1) is 25.2. The lowest BCUT2D eigenvalue weighted by Crippen LogP contribution is -2.25. The summed E-state index contributed by atoms with van der Waals surface area (Å²) < 4.78 is 11.5. The van der Waals surface area contributed by atoms with Crippen LogP contribution in [-0.2, 0) is 12.8 Å². The van der Waals surface area contributed by atoms with E-state index < -0.39 is 6.10 Å². The van der Waals surface area contributed by atoms with Crippen molar-refractivity contribution in [3.05, 3.63) is 46.5 Å². The van der Waals surface area contributed by atoms with E-state index >= 15 is 0 Å². The Morgan fingerprint density at radius 2 is 1.34 bits per heavy atom. The Kier molecular flexibility index (Phi) is 9.08. The first-order chi connectivity index (χ1) is 15.2. The number of aromatic hydroxyl groups is 1. The molecule has 0 spiro atoms. The minimum atomic E-state index is -0.942. The number of hydrogen-bond acceptors (Lipinski definition) is 7. The number of nitrogens with two attached hydrogens (primary N) is 1. The lowest BCUT2D eigenvalue weighted by atomic mass is 10.0. The number of ketones is 2. The molecule has 0 saturated heterocycles. The highest BCUT2D eigenvalue weighted by Gasteiger charge is 2.18. The molecule has 0 fully saturated rings. The highest BCUT2D eigenvalue weighted by molar-refractivity contribution is 6.00. The van der Waals surface area contributed by atoms with Gasteiger partial charge in [-0.05, 0) is 51.0 Å². The van der Waals surface area contributed by atoms with Gasteiger partial charge >= 0.3 is 0 Å². The van der Waals surface area contributed by atoms with Crippen molar-refractivity contribution in [2.45, 2.75) is 59.5 Å². The van der Waals surface area contributed by atoms with Crippen LogP contribution in [0.5, 0.6) is 17.2 Å². The molecule has 0 saturated carbocycles. The third kappa shape index (κ3) is 6.01. The smallest absolute Gasteiger partial charge is 0.163 e. The van der Waals surface area contributed by atoms with Crippen molar-refractivity contribution in [1.82, 2.24) is 0 Å². The molecule has 0 amide bonds. The maximum atomic E-state index is 11.8. The molecule has 0 heterocycles. The summed E-state index contributed by atoms with van der Waals surface area (Å²) in [5.41, 5.74) is 8.59. The highest BCUT2D eigenvalue weighted by atomic mass is 16.5. The highest BCUT2D eigenvalue weighted by Crippen LogP contribution is 2.33. The molecule has 0 bridgehead atoms. The molecular formula is C25H33NO6. The zero-order valence-electron chi connectivity index (χ0n) is 19.2. The number of aliphatic hydroxyl groups excluding tert-OH is 1. The largest absolute Gasteiger partial charge is 0.507 e. The van der Waals surface area contributed by atoms with Crippen LogP contribution in [-0.4, -0.2) is 41.1 Å². The third-order valence-electron chi connectivity index (χ3n) is 5.17. The van der Waals surface area contributed by atoms with Gasteiger partial charge in [-0.1, -0.05) is 26.7 Å². The summed E-state index contributed by atoms with van der Waals surface area (Å²) in [5.74, 6) is 0.547. The minimum Gasteiger partial charge on any atom is -0.507 e. The van der Waals surface area contributed by atoms with Crippen molar-refractivity contribution in [3.8, 4) is 17.2 Å². The van der Waals surface area contributed by atoms with Gasteiger partial charge in [-0.25, -0.2) is 0 Å². The topological polar surface area (TPSA) is 119 Å². The second-order valence-electron chi connectivity index (χ2n) is 7.83. The number of anilines is 1. The molecule has 7 heteroatoms.